The van der Waals surface area contributed by atoms with Crippen LogP contribution in [0.25, 0.3) is 22.4 Å². The van der Waals surface area contributed by atoms with Gasteiger partial charge in [-0.2, -0.15) is 0 Å². The zero-order chi connectivity index (χ0) is 18.2. The Balaban J connectivity index is 1.70. The highest BCUT2D eigenvalue weighted by Crippen LogP contribution is 2.31. The van der Waals surface area contributed by atoms with Gasteiger partial charge in [0.1, 0.15) is 5.69 Å². The summed E-state index contributed by atoms with van der Waals surface area (Å²) >= 11 is 0. The molecule has 0 saturated heterocycles. The molecule has 4 heterocycles. The smallest absolute Gasteiger partial charge is 0.209 e. The molecule has 5 rings (SSSR count). The standard InChI is InChI=1S/C21H17N5O/c27-17-8-11-23-20-19(17)25-21(18(24-20)14-5-2-1-3-6-14)26-12-9-16-15(13-26)7-4-10-22-16/h1-8,10-11H,9,12-13H2,(H,23,24,27). The third kappa shape index (κ3) is 2.75. The molecule has 6 heteroatoms. The van der Waals surface area contributed by atoms with Gasteiger partial charge >= 0.3 is 0 Å². The SMILES string of the molecule is O=c1cc[nH]c2nc(-c3ccccc3)c(N3CCc4ncccc4C3)nc12. The average molecular weight is 355 g/mol. The quantitative estimate of drug-likeness (QED) is 0.598. The number of pyridine rings is 2. The van der Waals surface area contributed by atoms with Gasteiger partial charge in [0.05, 0.1) is 0 Å². The second kappa shape index (κ2) is 6.32. The summed E-state index contributed by atoms with van der Waals surface area (Å²) in [7, 11) is 0. The Labute approximate surface area is 155 Å². The Hall–Kier alpha value is -3.54. The Morgan fingerprint density at radius 2 is 1.89 bits per heavy atom. The van der Waals surface area contributed by atoms with E-state index < -0.39 is 0 Å². The molecule has 1 aliphatic rings. The van der Waals surface area contributed by atoms with Gasteiger partial charge < -0.3 is 9.88 Å². The lowest BCUT2D eigenvalue weighted by atomic mass is 10.0. The van der Waals surface area contributed by atoms with E-state index in [2.05, 4.69) is 20.9 Å². The Kier molecular flexibility index (Phi) is 3.67. The summed E-state index contributed by atoms with van der Waals surface area (Å²) in [4.78, 5) is 31.5. The van der Waals surface area contributed by atoms with Crippen molar-refractivity contribution < 1.29 is 0 Å². The minimum atomic E-state index is -0.129. The van der Waals surface area contributed by atoms with Crippen LogP contribution >= 0.6 is 0 Å². The molecule has 0 bridgehead atoms. The van der Waals surface area contributed by atoms with E-state index in [4.69, 9.17) is 9.97 Å². The summed E-state index contributed by atoms with van der Waals surface area (Å²) in [5, 5.41) is 0. The molecule has 0 aliphatic carbocycles. The molecule has 1 N–H and O–H groups in total. The van der Waals surface area contributed by atoms with Gasteiger partial charge in [-0.3, -0.25) is 9.78 Å². The van der Waals surface area contributed by atoms with Crippen molar-refractivity contribution in [3.8, 4) is 11.3 Å². The van der Waals surface area contributed by atoms with Crippen LogP contribution in [0.4, 0.5) is 5.82 Å². The van der Waals surface area contributed by atoms with Crippen molar-refractivity contribution in [3.63, 3.8) is 0 Å². The number of rotatable bonds is 2. The first-order chi connectivity index (χ1) is 13.3. The van der Waals surface area contributed by atoms with Crippen LogP contribution < -0.4 is 10.3 Å². The van der Waals surface area contributed by atoms with Crippen LogP contribution in [0.15, 0.2) is 65.7 Å². The lowest BCUT2D eigenvalue weighted by Crippen LogP contribution is -2.32. The van der Waals surface area contributed by atoms with Crippen molar-refractivity contribution in [2.75, 3.05) is 11.4 Å². The highest BCUT2D eigenvalue weighted by molar-refractivity contribution is 5.81. The van der Waals surface area contributed by atoms with E-state index in [0.29, 0.717) is 17.7 Å². The monoisotopic (exact) mass is 355 g/mol. The molecule has 1 aromatic carbocycles. The highest BCUT2D eigenvalue weighted by Gasteiger charge is 2.23. The molecular weight excluding hydrogens is 338 g/mol. The van der Waals surface area contributed by atoms with E-state index in [-0.39, 0.29) is 5.43 Å². The second-order valence-electron chi connectivity index (χ2n) is 6.58. The van der Waals surface area contributed by atoms with Gasteiger partial charge in [-0.1, -0.05) is 36.4 Å². The molecule has 0 fully saturated rings. The summed E-state index contributed by atoms with van der Waals surface area (Å²) < 4.78 is 0. The number of aromatic nitrogens is 4. The van der Waals surface area contributed by atoms with E-state index in [9.17, 15) is 4.79 Å². The number of aromatic amines is 1. The summed E-state index contributed by atoms with van der Waals surface area (Å²) in [5.74, 6) is 0.736. The molecular formula is C21H17N5O. The maximum Gasteiger partial charge on any atom is 0.209 e. The Morgan fingerprint density at radius 3 is 2.78 bits per heavy atom. The molecule has 27 heavy (non-hydrogen) atoms. The second-order valence-corrected chi connectivity index (χ2v) is 6.58. The number of H-pyrrole nitrogens is 1. The average Bonchev–Trinajstić information content (AvgIpc) is 2.73. The molecule has 0 saturated carbocycles. The van der Waals surface area contributed by atoms with Crippen molar-refractivity contribution in [3.05, 3.63) is 82.4 Å². The van der Waals surface area contributed by atoms with Gasteiger partial charge in [0, 0.05) is 49.2 Å². The Bertz CT molecular complexity index is 1190. The molecule has 0 unspecified atom stereocenters. The van der Waals surface area contributed by atoms with Crippen LogP contribution in [0.5, 0.6) is 0 Å². The van der Waals surface area contributed by atoms with Crippen LogP contribution in [0.3, 0.4) is 0 Å². The summed E-state index contributed by atoms with van der Waals surface area (Å²) in [6, 6.07) is 15.5. The molecule has 1 aliphatic heterocycles. The molecule has 0 amide bonds. The number of anilines is 1. The molecule has 4 aromatic rings. The Morgan fingerprint density at radius 1 is 1.00 bits per heavy atom. The topological polar surface area (TPSA) is 74.8 Å². The van der Waals surface area contributed by atoms with E-state index in [1.54, 1.807) is 6.20 Å². The molecule has 3 aromatic heterocycles. The van der Waals surface area contributed by atoms with E-state index >= 15 is 0 Å². The predicted octanol–water partition coefficient (Wildman–Crippen LogP) is 2.94. The van der Waals surface area contributed by atoms with Gasteiger partial charge in [-0.05, 0) is 11.6 Å². The first-order valence-electron chi connectivity index (χ1n) is 8.92. The van der Waals surface area contributed by atoms with Crippen molar-refractivity contribution in [1.29, 1.82) is 0 Å². The zero-order valence-electron chi connectivity index (χ0n) is 14.6. The van der Waals surface area contributed by atoms with Crippen LogP contribution in [0.2, 0.25) is 0 Å². The first kappa shape index (κ1) is 15.7. The summed E-state index contributed by atoms with van der Waals surface area (Å²) in [6.07, 6.45) is 4.28. The molecule has 0 atom stereocenters. The lowest BCUT2D eigenvalue weighted by molar-refractivity contribution is 0.703. The van der Waals surface area contributed by atoms with Crippen LogP contribution in [0.1, 0.15) is 11.3 Å². The number of fused-ring (bicyclic) bond motifs is 2. The fraction of sp³-hybridized carbons (Fsp3) is 0.143. The van der Waals surface area contributed by atoms with Crippen molar-refractivity contribution >= 4 is 17.0 Å². The van der Waals surface area contributed by atoms with Crippen molar-refractivity contribution in [1.82, 2.24) is 19.9 Å². The maximum absolute atomic E-state index is 12.3. The summed E-state index contributed by atoms with van der Waals surface area (Å²) in [6.45, 7) is 1.49. The number of hydrogen-bond acceptors (Lipinski definition) is 5. The fourth-order valence-electron chi connectivity index (χ4n) is 3.53. The normalized spacial score (nSPS) is 13.6. The number of nitrogens with zero attached hydrogens (tertiary/aromatic N) is 4. The highest BCUT2D eigenvalue weighted by atomic mass is 16.1. The van der Waals surface area contributed by atoms with E-state index in [1.807, 2.05) is 42.6 Å². The van der Waals surface area contributed by atoms with Crippen LogP contribution in [0, 0.1) is 0 Å². The number of nitrogens with one attached hydrogen (secondary N) is 1. The van der Waals surface area contributed by atoms with Gasteiger partial charge in [0.2, 0.25) is 5.43 Å². The third-order valence-electron chi connectivity index (χ3n) is 4.88. The van der Waals surface area contributed by atoms with Gasteiger partial charge in [-0.25, -0.2) is 9.97 Å². The maximum atomic E-state index is 12.3. The number of hydrogen-bond donors (Lipinski definition) is 1. The van der Waals surface area contributed by atoms with Gasteiger partial charge in [0.15, 0.2) is 17.0 Å². The summed E-state index contributed by atoms with van der Waals surface area (Å²) in [5.41, 5.74) is 4.80. The fourth-order valence-corrected chi connectivity index (χ4v) is 3.53. The van der Waals surface area contributed by atoms with Crippen molar-refractivity contribution in [2.24, 2.45) is 0 Å². The molecule has 132 valence electrons. The largest absolute Gasteiger partial charge is 0.350 e. The molecule has 0 spiro atoms. The first-order valence-corrected chi connectivity index (χ1v) is 8.92. The minimum Gasteiger partial charge on any atom is -0.350 e. The molecule has 0 radical (unpaired) electrons. The molecule has 6 nitrogen and oxygen atoms in total. The van der Waals surface area contributed by atoms with Gasteiger partial charge in [0.25, 0.3) is 0 Å². The zero-order valence-corrected chi connectivity index (χ0v) is 14.6. The van der Waals surface area contributed by atoms with Crippen molar-refractivity contribution in [2.45, 2.75) is 13.0 Å². The van der Waals surface area contributed by atoms with Gasteiger partial charge in [-0.15, -0.1) is 0 Å². The minimum absolute atomic E-state index is 0.129. The van der Waals surface area contributed by atoms with E-state index in [1.165, 1.54) is 11.6 Å². The van der Waals surface area contributed by atoms with Crippen LogP contribution in [-0.4, -0.2) is 26.5 Å². The number of benzene rings is 1. The predicted molar refractivity (Wildman–Crippen MR) is 105 cm³/mol. The third-order valence-corrected chi connectivity index (χ3v) is 4.88. The van der Waals surface area contributed by atoms with Crippen LogP contribution in [-0.2, 0) is 13.0 Å². The van der Waals surface area contributed by atoms with E-state index in [0.717, 1.165) is 35.7 Å². The lowest BCUT2D eigenvalue weighted by Gasteiger charge is -2.30.